The van der Waals surface area contributed by atoms with E-state index in [9.17, 15) is 14.0 Å². The number of benzene rings is 2. The first-order valence-corrected chi connectivity index (χ1v) is 9.10. The van der Waals surface area contributed by atoms with E-state index < -0.39 is 5.82 Å². The van der Waals surface area contributed by atoms with Crippen molar-refractivity contribution in [2.45, 2.75) is 6.92 Å². The number of carbonyl (C=O) groups excluding carboxylic acids is 2. The first kappa shape index (κ1) is 19.1. The van der Waals surface area contributed by atoms with Gasteiger partial charge in [0.1, 0.15) is 5.82 Å². The van der Waals surface area contributed by atoms with Gasteiger partial charge in [0, 0.05) is 43.5 Å². The number of halogens is 2. The van der Waals surface area contributed by atoms with Gasteiger partial charge in [0.15, 0.2) is 5.78 Å². The molecule has 6 heteroatoms. The topological polar surface area (TPSA) is 40.6 Å². The number of hydrogen-bond acceptors (Lipinski definition) is 3. The lowest BCUT2D eigenvalue weighted by Gasteiger charge is -2.35. The highest BCUT2D eigenvalue weighted by Crippen LogP contribution is 2.19. The van der Waals surface area contributed by atoms with E-state index in [1.54, 1.807) is 24.0 Å². The largest absolute Gasteiger partial charge is 0.368 e. The van der Waals surface area contributed by atoms with Crippen LogP contribution in [0.25, 0.3) is 6.08 Å². The molecule has 0 unspecified atom stereocenters. The average molecular weight is 387 g/mol. The predicted molar refractivity (Wildman–Crippen MR) is 106 cm³/mol. The summed E-state index contributed by atoms with van der Waals surface area (Å²) in [5, 5.41) is 0.0361. The molecule has 4 nitrogen and oxygen atoms in total. The number of rotatable bonds is 4. The lowest BCUT2D eigenvalue weighted by Crippen LogP contribution is -2.48. The van der Waals surface area contributed by atoms with Gasteiger partial charge in [0.05, 0.1) is 5.02 Å². The summed E-state index contributed by atoms with van der Waals surface area (Å²) in [6, 6.07) is 11.9. The number of piperazine rings is 1. The summed E-state index contributed by atoms with van der Waals surface area (Å²) >= 11 is 5.75. The third-order valence-electron chi connectivity index (χ3n) is 4.59. The second kappa shape index (κ2) is 8.35. The van der Waals surface area contributed by atoms with Gasteiger partial charge in [0.25, 0.3) is 0 Å². The predicted octanol–water partition coefficient (Wildman–Crippen LogP) is 4.04. The first-order valence-electron chi connectivity index (χ1n) is 8.72. The molecule has 1 aliphatic heterocycles. The fraction of sp³-hybridized carbons (Fsp3) is 0.238. The van der Waals surface area contributed by atoms with Crippen LogP contribution in [-0.2, 0) is 4.79 Å². The van der Waals surface area contributed by atoms with E-state index in [2.05, 4.69) is 4.90 Å². The third-order valence-corrected chi connectivity index (χ3v) is 4.88. The smallest absolute Gasteiger partial charge is 0.246 e. The molecule has 140 valence electrons. The zero-order valence-corrected chi connectivity index (χ0v) is 15.7. The van der Waals surface area contributed by atoms with Crippen LogP contribution in [0.15, 0.2) is 48.5 Å². The summed E-state index contributed by atoms with van der Waals surface area (Å²) in [5.74, 6) is -0.513. The molecule has 3 rings (SSSR count). The lowest BCUT2D eigenvalue weighted by atomic mass is 10.1. The minimum atomic E-state index is -0.479. The average Bonchev–Trinajstić information content (AvgIpc) is 2.69. The molecule has 1 fully saturated rings. The van der Waals surface area contributed by atoms with Gasteiger partial charge in [-0.2, -0.15) is 0 Å². The van der Waals surface area contributed by atoms with Crippen molar-refractivity contribution in [3.63, 3.8) is 0 Å². The van der Waals surface area contributed by atoms with Crippen LogP contribution in [0.1, 0.15) is 22.8 Å². The molecule has 27 heavy (non-hydrogen) atoms. The van der Waals surface area contributed by atoms with E-state index >= 15 is 0 Å². The highest BCUT2D eigenvalue weighted by atomic mass is 35.5. The van der Waals surface area contributed by atoms with E-state index in [4.69, 9.17) is 11.6 Å². The molecule has 0 radical (unpaired) electrons. The van der Waals surface area contributed by atoms with E-state index in [1.165, 1.54) is 18.2 Å². The summed E-state index contributed by atoms with van der Waals surface area (Å²) < 4.78 is 13.2. The van der Waals surface area contributed by atoms with Gasteiger partial charge in [-0.05, 0) is 55.0 Å². The maximum absolute atomic E-state index is 13.2. The number of nitrogens with zero attached hydrogens (tertiary/aromatic N) is 2. The molecule has 0 N–H and O–H groups in total. The number of hydrogen-bond donors (Lipinski definition) is 0. The molecule has 1 saturated heterocycles. The van der Waals surface area contributed by atoms with Gasteiger partial charge >= 0.3 is 0 Å². The van der Waals surface area contributed by atoms with Crippen LogP contribution in [0, 0.1) is 5.82 Å². The lowest BCUT2D eigenvalue weighted by molar-refractivity contribution is -0.126. The Balaban J connectivity index is 1.56. The normalized spacial score (nSPS) is 14.6. The Bertz CT molecular complexity index is 872. The Hall–Kier alpha value is -2.66. The van der Waals surface area contributed by atoms with E-state index in [-0.39, 0.29) is 16.7 Å². The Morgan fingerprint density at radius 1 is 1.04 bits per heavy atom. The zero-order valence-electron chi connectivity index (χ0n) is 15.0. The minimum Gasteiger partial charge on any atom is -0.368 e. The van der Waals surface area contributed by atoms with Crippen LogP contribution in [0.5, 0.6) is 0 Å². The number of carbonyl (C=O) groups is 2. The first-order chi connectivity index (χ1) is 12.9. The standard InChI is InChI=1S/C21H20ClFN2O2/c1-15(26)17-4-6-18(7-5-17)24-10-12-25(13-11-24)21(27)9-3-16-2-8-20(23)19(22)14-16/h2-9,14H,10-13H2,1H3/b9-3+. The van der Waals surface area contributed by atoms with Crippen molar-refractivity contribution >= 4 is 35.1 Å². The Morgan fingerprint density at radius 3 is 2.30 bits per heavy atom. The summed E-state index contributed by atoms with van der Waals surface area (Å²) in [4.78, 5) is 27.7. The van der Waals surface area contributed by atoms with Crippen molar-refractivity contribution in [3.8, 4) is 0 Å². The number of anilines is 1. The molecule has 2 aromatic rings. The molecule has 0 aromatic heterocycles. The van der Waals surface area contributed by atoms with Gasteiger partial charge in [-0.15, -0.1) is 0 Å². The second-order valence-electron chi connectivity index (χ2n) is 6.42. The SMILES string of the molecule is CC(=O)c1ccc(N2CCN(C(=O)/C=C/c3ccc(F)c(Cl)c3)CC2)cc1. The molecule has 0 saturated carbocycles. The highest BCUT2D eigenvalue weighted by Gasteiger charge is 2.20. The molecular formula is C21H20ClFN2O2. The highest BCUT2D eigenvalue weighted by molar-refractivity contribution is 6.30. The maximum atomic E-state index is 13.2. The molecule has 1 amide bonds. The molecule has 0 spiro atoms. The number of Topliss-reactive ketones (excluding diaryl/α,β-unsaturated/α-hetero) is 1. The Kier molecular flexibility index (Phi) is 5.91. The fourth-order valence-corrected chi connectivity index (χ4v) is 3.17. The van der Waals surface area contributed by atoms with Gasteiger partial charge in [-0.3, -0.25) is 9.59 Å². The Morgan fingerprint density at radius 2 is 1.70 bits per heavy atom. The van der Waals surface area contributed by atoms with Crippen LogP contribution in [0.3, 0.4) is 0 Å². The summed E-state index contributed by atoms with van der Waals surface area (Å²) in [6.45, 7) is 4.22. The van der Waals surface area contributed by atoms with E-state index in [0.717, 1.165) is 18.8 Å². The molecule has 0 atom stereocenters. The molecule has 2 aromatic carbocycles. The molecule has 0 aliphatic carbocycles. The van der Waals surface area contributed by atoms with Gasteiger partial charge in [-0.1, -0.05) is 17.7 Å². The van der Waals surface area contributed by atoms with Crippen LogP contribution >= 0.6 is 11.6 Å². The fourth-order valence-electron chi connectivity index (χ4n) is 2.98. The minimum absolute atomic E-state index is 0.0361. The van der Waals surface area contributed by atoms with E-state index in [0.29, 0.717) is 24.2 Å². The molecular weight excluding hydrogens is 367 g/mol. The van der Waals surface area contributed by atoms with Crippen molar-refractivity contribution in [2.75, 3.05) is 31.1 Å². The number of ketones is 1. The summed E-state index contributed by atoms with van der Waals surface area (Å²) in [7, 11) is 0. The monoisotopic (exact) mass is 386 g/mol. The Labute approximate surface area is 162 Å². The molecule has 1 aliphatic rings. The van der Waals surface area contributed by atoms with Crippen molar-refractivity contribution in [3.05, 3.63) is 70.5 Å². The van der Waals surface area contributed by atoms with Gasteiger partial charge < -0.3 is 9.80 Å². The van der Waals surface area contributed by atoms with Crippen molar-refractivity contribution in [1.82, 2.24) is 4.90 Å². The molecule has 0 bridgehead atoms. The van der Waals surface area contributed by atoms with E-state index in [1.807, 2.05) is 24.3 Å². The molecule has 1 heterocycles. The third kappa shape index (κ3) is 4.74. The van der Waals surface area contributed by atoms with Crippen LogP contribution in [0.2, 0.25) is 5.02 Å². The van der Waals surface area contributed by atoms with Crippen LogP contribution in [-0.4, -0.2) is 42.8 Å². The second-order valence-corrected chi connectivity index (χ2v) is 6.83. The maximum Gasteiger partial charge on any atom is 0.246 e. The van der Waals surface area contributed by atoms with Crippen LogP contribution in [0.4, 0.5) is 10.1 Å². The van der Waals surface area contributed by atoms with Crippen molar-refractivity contribution < 1.29 is 14.0 Å². The summed E-state index contributed by atoms with van der Waals surface area (Å²) in [5.41, 5.74) is 2.42. The van der Waals surface area contributed by atoms with Crippen molar-refractivity contribution in [1.29, 1.82) is 0 Å². The van der Waals surface area contributed by atoms with Crippen LogP contribution < -0.4 is 4.90 Å². The zero-order chi connectivity index (χ0) is 19.4. The number of amides is 1. The van der Waals surface area contributed by atoms with Crippen molar-refractivity contribution in [2.24, 2.45) is 0 Å². The quantitative estimate of drug-likeness (QED) is 0.588. The van der Waals surface area contributed by atoms with Gasteiger partial charge in [0.2, 0.25) is 5.91 Å². The summed E-state index contributed by atoms with van der Waals surface area (Å²) in [6.07, 6.45) is 3.13. The van der Waals surface area contributed by atoms with Gasteiger partial charge in [-0.25, -0.2) is 4.39 Å².